The van der Waals surface area contributed by atoms with E-state index in [1.807, 2.05) is 6.92 Å². The van der Waals surface area contributed by atoms with E-state index in [0.29, 0.717) is 0 Å². The van der Waals surface area contributed by atoms with Crippen LogP contribution in [0.3, 0.4) is 0 Å². The molecule has 0 aliphatic heterocycles. The van der Waals surface area contributed by atoms with Crippen LogP contribution in [-0.2, 0) is 0 Å². The van der Waals surface area contributed by atoms with Gasteiger partial charge in [-0.1, -0.05) is 13.3 Å². The fourth-order valence-corrected chi connectivity index (χ4v) is 1.32. The van der Waals surface area contributed by atoms with Crippen LogP contribution in [0.4, 0.5) is 5.82 Å². The first kappa shape index (κ1) is 11.5. The summed E-state index contributed by atoms with van der Waals surface area (Å²) in [5.74, 6) is -0.217. The van der Waals surface area contributed by atoms with E-state index < -0.39 is 0 Å². The molecule has 0 spiro atoms. The van der Waals surface area contributed by atoms with Gasteiger partial charge < -0.3 is 10.6 Å². The molecule has 0 aliphatic rings. The maximum atomic E-state index is 11.8. The van der Waals surface area contributed by atoms with Crippen molar-refractivity contribution in [1.82, 2.24) is 15.2 Å². The number of aromatic nitrogens is 2. The highest BCUT2D eigenvalue weighted by atomic mass is 16.6. The number of hydrogen-bond acceptors (Lipinski definition) is 5. The third-order valence-electron chi connectivity index (χ3n) is 2.40. The van der Waals surface area contributed by atoms with Crippen LogP contribution in [0.1, 0.15) is 37.2 Å². The molecular formula is C9H16N4O2. The predicted molar refractivity (Wildman–Crippen MR) is 55.2 cm³/mol. The van der Waals surface area contributed by atoms with Crippen LogP contribution in [0.2, 0.25) is 0 Å². The van der Waals surface area contributed by atoms with Crippen molar-refractivity contribution in [3.8, 4) is 0 Å². The van der Waals surface area contributed by atoms with Gasteiger partial charge in [0.1, 0.15) is 0 Å². The smallest absolute Gasteiger partial charge is 0.280 e. The molecule has 0 fully saturated rings. The van der Waals surface area contributed by atoms with E-state index in [4.69, 9.17) is 5.73 Å². The minimum atomic E-state index is -0.255. The molecule has 1 unspecified atom stereocenters. The lowest BCUT2D eigenvalue weighted by Gasteiger charge is -2.23. The van der Waals surface area contributed by atoms with Crippen molar-refractivity contribution >= 4 is 11.7 Å². The fourth-order valence-electron chi connectivity index (χ4n) is 1.32. The van der Waals surface area contributed by atoms with E-state index >= 15 is 0 Å². The zero-order valence-corrected chi connectivity index (χ0v) is 9.23. The molecule has 0 aliphatic carbocycles. The Balaban J connectivity index is 2.73. The maximum Gasteiger partial charge on any atom is 0.280 e. The Kier molecular flexibility index (Phi) is 3.65. The normalized spacial score (nSPS) is 12.5. The first-order valence-corrected chi connectivity index (χ1v) is 4.93. The van der Waals surface area contributed by atoms with Crippen LogP contribution in [0.25, 0.3) is 0 Å². The summed E-state index contributed by atoms with van der Waals surface area (Å²) >= 11 is 0. The van der Waals surface area contributed by atoms with E-state index in [-0.39, 0.29) is 23.5 Å². The van der Waals surface area contributed by atoms with Gasteiger partial charge in [-0.3, -0.25) is 4.79 Å². The number of carbonyl (C=O) groups is 1. The Morgan fingerprint density at radius 1 is 1.60 bits per heavy atom. The van der Waals surface area contributed by atoms with Crippen molar-refractivity contribution in [3.05, 3.63) is 5.69 Å². The highest BCUT2D eigenvalue weighted by Gasteiger charge is 2.22. The molecule has 0 radical (unpaired) electrons. The number of nitrogens with zero attached hydrogens (tertiary/aromatic N) is 3. The lowest BCUT2D eigenvalue weighted by atomic mass is 10.1. The van der Waals surface area contributed by atoms with Gasteiger partial charge in [0.2, 0.25) is 11.5 Å². The van der Waals surface area contributed by atoms with Gasteiger partial charge in [0.15, 0.2) is 0 Å². The lowest BCUT2D eigenvalue weighted by Crippen LogP contribution is -2.35. The summed E-state index contributed by atoms with van der Waals surface area (Å²) in [6.45, 7) is 4.05. The largest absolute Gasteiger partial charge is 0.379 e. The van der Waals surface area contributed by atoms with Crippen molar-refractivity contribution < 1.29 is 9.42 Å². The second-order valence-electron chi connectivity index (χ2n) is 3.55. The van der Waals surface area contributed by atoms with Gasteiger partial charge in [-0.25, -0.2) is 4.63 Å². The van der Waals surface area contributed by atoms with E-state index in [2.05, 4.69) is 21.9 Å². The van der Waals surface area contributed by atoms with Gasteiger partial charge in [0.05, 0.1) is 0 Å². The van der Waals surface area contributed by atoms with Gasteiger partial charge in [-0.2, -0.15) is 0 Å². The van der Waals surface area contributed by atoms with Crippen LogP contribution < -0.4 is 5.73 Å². The number of nitrogen functional groups attached to an aromatic ring is 1. The summed E-state index contributed by atoms with van der Waals surface area (Å²) in [5.41, 5.74) is 5.52. The molecule has 1 aromatic rings. The van der Waals surface area contributed by atoms with E-state index in [1.54, 1.807) is 11.9 Å². The molecule has 6 heteroatoms. The number of amides is 1. The molecule has 1 atom stereocenters. The summed E-state index contributed by atoms with van der Waals surface area (Å²) in [6, 6.07) is 0.151. The average Bonchev–Trinajstić information content (AvgIpc) is 2.62. The Labute approximate surface area is 88.4 Å². The van der Waals surface area contributed by atoms with Gasteiger partial charge in [0, 0.05) is 13.1 Å². The molecule has 0 bridgehead atoms. The average molecular weight is 212 g/mol. The first-order valence-electron chi connectivity index (χ1n) is 4.93. The summed E-state index contributed by atoms with van der Waals surface area (Å²) in [5, 5.41) is 6.85. The molecular weight excluding hydrogens is 196 g/mol. The molecule has 1 rings (SSSR count). The number of carbonyl (C=O) groups excluding carboxylic acids is 1. The molecule has 1 heterocycles. The van der Waals surface area contributed by atoms with Crippen LogP contribution in [-0.4, -0.2) is 34.2 Å². The Morgan fingerprint density at radius 2 is 2.27 bits per heavy atom. The summed E-state index contributed by atoms with van der Waals surface area (Å²) in [4.78, 5) is 13.4. The molecule has 15 heavy (non-hydrogen) atoms. The highest BCUT2D eigenvalue weighted by molar-refractivity contribution is 5.96. The number of anilines is 1. The van der Waals surface area contributed by atoms with Crippen molar-refractivity contribution in [2.45, 2.75) is 32.7 Å². The molecule has 1 aromatic heterocycles. The van der Waals surface area contributed by atoms with Crippen molar-refractivity contribution in [2.24, 2.45) is 0 Å². The number of hydrogen-bond donors (Lipinski definition) is 1. The SMILES string of the molecule is CCCC(C)N(C)C(=O)c1nonc1N. The van der Waals surface area contributed by atoms with Crippen LogP contribution in [0, 0.1) is 0 Å². The summed E-state index contributed by atoms with van der Waals surface area (Å²) in [6.07, 6.45) is 1.96. The van der Waals surface area contributed by atoms with Gasteiger partial charge >= 0.3 is 0 Å². The minimum Gasteiger partial charge on any atom is -0.379 e. The van der Waals surface area contributed by atoms with E-state index in [1.165, 1.54) is 0 Å². The van der Waals surface area contributed by atoms with Crippen molar-refractivity contribution in [1.29, 1.82) is 0 Å². The molecule has 1 amide bonds. The van der Waals surface area contributed by atoms with Gasteiger partial charge in [-0.05, 0) is 23.7 Å². The van der Waals surface area contributed by atoms with Crippen LogP contribution in [0.5, 0.6) is 0 Å². The van der Waals surface area contributed by atoms with E-state index in [9.17, 15) is 4.79 Å². The molecule has 6 nitrogen and oxygen atoms in total. The predicted octanol–water partition coefficient (Wildman–Crippen LogP) is 0.912. The van der Waals surface area contributed by atoms with Crippen LogP contribution >= 0.6 is 0 Å². The third-order valence-corrected chi connectivity index (χ3v) is 2.40. The van der Waals surface area contributed by atoms with Gasteiger partial charge in [0.25, 0.3) is 5.91 Å². The van der Waals surface area contributed by atoms with Crippen LogP contribution in [0.15, 0.2) is 4.63 Å². The minimum absolute atomic E-state index is 0.0375. The Morgan fingerprint density at radius 3 is 2.73 bits per heavy atom. The molecule has 0 saturated heterocycles. The second kappa shape index (κ2) is 4.77. The van der Waals surface area contributed by atoms with E-state index in [0.717, 1.165) is 12.8 Å². The second-order valence-corrected chi connectivity index (χ2v) is 3.55. The zero-order chi connectivity index (χ0) is 11.4. The summed E-state index contributed by atoms with van der Waals surface area (Å²) in [7, 11) is 1.72. The maximum absolute atomic E-state index is 11.8. The van der Waals surface area contributed by atoms with Crippen molar-refractivity contribution in [3.63, 3.8) is 0 Å². The highest BCUT2D eigenvalue weighted by Crippen LogP contribution is 2.11. The number of rotatable bonds is 4. The Hall–Kier alpha value is -1.59. The first-order chi connectivity index (χ1) is 7.07. The molecule has 84 valence electrons. The van der Waals surface area contributed by atoms with Gasteiger partial charge in [-0.15, -0.1) is 0 Å². The summed E-state index contributed by atoms with van der Waals surface area (Å²) < 4.78 is 4.38. The third kappa shape index (κ3) is 2.45. The molecule has 0 saturated carbocycles. The number of nitrogens with two attached hydrogens (primary N) is 1. The topological polar surface area (TPSA) is 85.2 Å². The van der Waals surface area contributed by atoms with Crippen molar-refractivity contribution in [2.75, 3.05) is 12.8 Å². The molecule has 2 N–H and O–H groups in total. The molecule has 0 aromatic carbocycles. The lowest BCUT2D eigenvalue weighted by molar-refractivity contribution is 0.0726. The fraction of sp³-hybridized carbons (Fsp3) is 0.667. The standard InChI is InChI=1S/C9H16N4O2/c1-4-5-6(2)13(3)9(14)7-8(10)12-15-11-7/h6H,4-5H2,1-3H3,(H2,10,12). The zero-order valence-electron chi connectivity index (χ0n) is 9.23. The quantitative estimate of drug-likeness (QED) is 0.801. The monoisotopic (exact) mass is 212 g/mol. The Bertz CT molecular complexity index is 337.